The summed E-state index contributed by atoms with van der Waals surface area (Å²) >= 11 is 7.63. The average molecular weight is 353 g/mol. The zero-order chi connectivity index (χ0) is 17.0. The van der Waals surface area contributed by atoms with Crippen molar-refractivity contribution >= 4 is 34.0 Å². The Morgan fingerprint density at radius 3 is 2.48 bits per heavy atom. The van der Waals surface area contributed by atoms with Crippen molar-refractivity contribution in [1.29, 1.82) is 0 Å². The van der Waals surface area contributed by atoms with Gasteiger partial charge < -0.3 is 10.1 Å². The van der Waals surface area contributed by atoms with Crippen molar-refractivity contribution in [2.24, 2.45) is 0 Å². The Morgan fingerprint density at radius 2 is 1.91 bits per heavy atom. The smallest absolute Gasteiger partial charge is 0.226 e. The molecule has 1 heterocycles. The Kier molecular flexibility index (Phi) is 6.02. The Balaban J connectivity index is 1.76. The highest BCUT2D eigenvalue weighted by Crippen LogP contribution is 2.26. The molecule has 1 N–H and O–H groups in total. The fourth-order valence-electron chi connectivity index (χ4n) is 2.12. The number of amides is 1. The number of carbonyl (C=O) groups excluding carboxylic acids is 1. The Bertz CT molecular complexity index is 670. The topological polar surface area (TPSA) is 51.2 Å². The highest BCUT2D eigenvalue weighted by molar-refractivity contribution is 7.15. The molecule has 124 valence electrons. The maximum absolute atomic E-state index is 11.9. The van der Waals surface area contributed by atoms with Gasteiger partial charge in [-0.15, -0.1) is 11.3 Å². The fraction of sp³-hybridized carbons (Fsp3) is 0.412. The molecule has 0 spiro atoms. The molecule has 1 amide bonds. The van der Waals surface area contributed by atoms with E-state index >= 15 is 0 Å². The molecule has 0 atom stereocenters. The quantitative estimate of drug-likeness (QED) is 0.757. The molecule has 0 unspecified atom stereocenters. The molecule has 1 aromatic heterocycles. The van der Waals surface area contributed by atoms with Crippen LogP contribution in [0.5, 0.6) is 5.75 Å². The van der Waals surface area contributed by atoms with Crippen LogP contribution in [0.2, 0.25) is 5.02 Å². The van der Waals surface area contributed by atoms with E-state index in [1.807, 2.05) is 39.8 Å². The number of thiazole rings is 1. The van der Waals surface area contributed by atoms with Gasteiger partial charge in [0.15, 0.2) is 5.13 Å². The van der Waals surface area contributed by atoms with Crippen LogP contribution in [0.1, 0.15) is 34.5 Å². The molecule has 2 rings (SSSR count). The summed E-state index contributed by atoms with van der Waals surface area (Å²) < 4.78 is 5.69. The molecule has 6 heteroatoms. The first-order chi connectivity index (χ1) is 10.9. The van der Waals surface area contributed by atoms with Crippen molar-refractivity contribution in [3.63, 3.8) is 0 Å². The van der Waals surface area contributed by atoms with Gasteiger partial charge in [0.25, 0.3) is 0 Å². The molecule has 2 aromatic rings. The maximum Gasteiger partial charge on any atom is 0.226 e. The molecule has 0 aliphatic rings. The Morgan fingerprint density at radius 1 is 1.26 bits per heavy atom. The van der Waals surface area contributed by atoms with Crippen molar-refractivity contribution in [2.75, 3.05) is 11.9 Å². The predicted molar refractivity (Wildman–Crippen MR) is 95.9 cm³/mol. The predicted octanol–water partition coefficient (Wildman–Crippen LogP) is 4.83. The first-order valence-electron chi connectivity index (χ1n) is 7.50. The van der Waals surface area contributed by atoms with Crippen molar-refractivity contribution in [2.45, 2.75) is 40.5 Å². The van der Waals surface area contributed by atoms with E-state index in [-0.39, 0.29) is 5.91 Å². The molecule has 0 radical (unpaired) electrons. The van der Waals surface area contributed by atoms with E-state index in [2.05, 4.69) is 10.3 Å². The number of ether oxygens (including phenoxy) is 1. The second-order valence-corrected chi connectivity index (χ2v) is 7.11. The second-order valence-electron chi connectivity index (χ2n) is 5.53. The minimum Gasteiger partial charge on any atom is -0.494 e. The van der Waals surface area contributed by atoms with Crippen LogP contribution in [0.15, 0.2) is 12.1 Å². The van der Waals surface area contributed by atoms with Crippen LogP contribution in [-0.4, -0.2) is 17.5 Å². The molecule has 0 saturated heterocycles. The molecule has 0 bridgehead atoms. The summed E-state index contributed by atoms with van der Waals surface area (Å²) in [6, 6.07) is 3.83. The van der Waals surface area contributed by atoms with Gasteiger partial charge in [0.1, 0.15) is 5.75 Å². The molecular formula is C17H21ClN2O2S. The van der Waals surface area contributed by atoms with E-state index in [4.69, 9.17) is 16.3 Å². The summed E-state index contributed by atoms with van der Waals surface area (Å²) in [5.41, 5.74) is 2.95. The maximum atomic E-state index is 11.9. The zero-order valence-corrected chi connectivity index (χ0v) is 15.4. The number of halogens is 1. The van der Waals surface area contributed by atoms with Gasteiger partial charge in [0.05, 0.1) is 12.3 Å². The number of nitrogens with zero attached hydrogens (tertiary/aromatic N) is 1. The lowest BCUT2D eigenvalue weighted by Gasteiger charge is -2.09. The summed E-state index contributed by atoms with van der Waals surface area (Å²) in [6.07, 6.45) is 1.05. The monoisotopic (exact) mass is 352 g/mol. The first kappa shape index (κ1) is 17.8. The van der Waals surface area contributed by atoms with Gasteiger partial charge in [-0.25, -0.2) is 4.98 Å². The average Bonchev–Trinajstić information content (AvgIpc) is 2.79. The molecule has 1 aromatic carbocycles. The first-order valence-corrected chi connectivity index (χ1v) is 8.69. The number of aryl methyl sites for hydroxylation is 4. The third kappa shape index (κ3) is 4.94. The van der Waals surface area contributed by atoms with E-state index in [1.165, 1.54) is 11.3 Å². The molecule has 23 heavy (non-hydrogen) atoms. The molecular weight excluding hydrogens is 332 g/mol. The number of aromatic nitrogens is 1. The summed E-state index contributed by atoms with van der Waals surface area (Å²) in [7, 11) is 0. The van der Waals surface area contributed by atoms with Crippen molar-refractivity contribution in [3.05, 3.63) is 38.9 Å². The molecule has 4 nitrogen and oxygen atoms in total. The minimum atomic E-state index is -0.0363. The van der Waals surface area contributed by atoms with E-state index in [0.717, 1.165) is 32.5 Å². The molecule has 0 aliphatic carbocycles. The highest BCUT2D eigenvalue weighted by Gasteiger charge is 2.08. The zero-order valence-electron chi connectivity index (χ0n) is 13.8. The number of hydrogen-bond donors (Lipinski definition) is 1. The molecule has 0 saturated carbocycles. The summed E-state index contributed by atoms with van der Waals surface area (Å²) in [6.45, 7) is 8.32. The summed E-state index contributed by atoms with van der Waals surface area (Å²) in [5.74, 6) is 0.752. The number of anilines is 1. The third-order valence-electron chi connectivity index (χ3n) is 3.50. The van der Waals surface area contributed by atoms with Gasteiger partial charge in [-0.05, 0) is 57.4 Å². The number of rotatable bonds is 6. The lowest BCUT2D eigenvalue weighted by Crippen LogP contribution is -2.12. The van der Waals surface area contributed by atoms with E-state index in [9.17, 15) is 4.79 Å². The van der Waals surface area contributed by atoms with Crippen LogP contribution in [0.3, 0.4) is 0 Å². The largest absolute Gasteiger partial charge is 0.494 e. The number of carbonyl (C=O) groups is 1. The standard InChI is InChI=1S/C17H21ClN2O2S/c1-10-8-14(9-11(2)16(10)18)22-7-5-6-15(21)20-17-19-12(3)13(4)23-17/h8-9H,5-7H2,1-4H3,(H,19,20,21). The number of hydrogen-bond acceptors (Lipinski definition) is 4. The van der Waals surface area contributed by atoms with Gasteiger partial charge >= 0.3 is 0 Å². The Labute approximate surface area is 145 Å². The van der Waals surface area contributed by atoms with E-state index in [1.54, 1.807) is 0 Å². The molecule has 0 aliphatic heterocycles. The van der Waals surface area contributed by atoms with Gasteiger partial charge in [-0.1, -0.05) is 11.6 Å². The fourth-order valence-corrected chi connectivity index (χ4v) is 3.06. The lowest BCUT2D eigenvalue weighted by atomic mass is 10.1. The second kappa shape index (κ2) is 7.79. The number of nitrogens with one attached hydrogen (secondary N) is 1. The van der Waals surface area contributed by atoms with Gasteiger partial charge in [-0.3, -0.25) is 4.79 Å². The normalized spacial score (nSPS) is 10.7. The van der Waals surface area contributed by atoms with Gasteiger partial charge in [-0.2, -0.15) is 0 Å². The SMILES string of the molecule is Cc1cc(OCCCC(=O)Nc2nc(C)c(C)s2)cc(C)c1Cl. The van der Waals surface area contributed by atoms with E-state index in [0.29, 0.717) is 24.6 Å². The van der Waals surface area contributed by atoms with Gasteiger partial charge in [0.2, 0.25) is 5.91 Å². The summed E-state index contributed by atoms with van der Waals surface area (Å²) in [4.78, 5) is 17.3. The van der Waals surface area contributed by atoms with Crippen LogP contribution in [-0.2, 0) is 4.79 Å². The van der Waals surface area contributed by atoms with Crippen LogP contribution < -0.4 is 10.1 Å². The van der Waals surface area contributed by atoms with Crippen molar-refractivity contribution in [3.8, 4) is 5.75 Å². The van der Waals surface area contributed by atoms with Crippen LogP contribution in [0, 0.1) is 27.7 Å². The van der Waals surface area contributed by atoms with Crippen LogP contribution in [0.4, 0.5) is 5.13 Å². The minimum absolute atomic E-state index is 0.0363. The van der Waals surface area contributed by atoms with Crippen molar-refractivity contribution in [1.82, 2.24) is 4.98 Å². The van der Waals surface area contributed by atoms with Gasteiger partial charge in [0, 0.05) is 16.3 Å². The summed E-state index contributed by atoms with van der Waals surface area (Å²) in [5, 5.41) is 4.25. The molecule has 0 fully saturated rings. The van der Waals surface area contributed by atoms with Crippen LogP contribution >= 0.6 is 22.9 Å². The highest BCUT2D eigenvalue weighted by atomic mass is 35.5. The Hall–Kier alpha value is -1.59. The van der Waals surface area contributed by atoms with Crippen molar-refractivity contribution < 1.29 is 9.53 Å². The number of benzene rings is 1. The van der Waals surface area contributed by atoms with Crippen LogP contribution in [0.25, 0.3) is 0 Å². The lowest BCUT2D eigenvalue weighted by molar-refractivity contribution is -0.116. The van der Waals surface area contributed by atoms with E-state index < -0.39 is 0 Å². The third-order valence-corrected chi connectivity index (χ3v) is 5.09.